The zero-order valence-electron chi connectivity index (χ0n) is 11.8. The third kappa shape index (κ3) is 2.49. The summed E-state index contributed by atoms with van der Waals surface area (Å²) < 4.78 is 12.6. The van der Waals surface area contributed by atoms with Crippen molar-refractivity contribution in [2.24, 2.45) is 0 Å². The average Bonchev–Trinajstić information content (AvgIpc) is 2.99. The summed E-state index contributed by atoms with van der Waals surface area (Å²) in [4.78, 5) is 15.3. The van der Waals surface area contributed by atoms with Crippen molar-refractivity contribution in [3.05, 3.63) is 20.8 Å². The van der Waals surface area contributed by atoms with Crippen LogP contribution in [0.5, 0.6) is 0 Å². The molecule has 2 bridgehead atoms. The van der Waals surface area contributed by atoms with Gasteiger partial charge in [0, 0.05) is 11.3 Å². The van der Waals surface area contributed by atoms with E-state index in [1.807, 2.05) is 31.7 Å². The predicted octanol–water partition coefficient (Wildman–Crippen LogP) is 3.75. The van der Waals surface area contributed by atoms with Crippen LogP contribution in [0.25, 0.3) is 0 Å². The molecule has 0 aliphatic carbocycles. The second-order valence-corrected chi connectivity index (χ2v) is 8.84. The van der Waals surface area contributed by atoms with Gasteiger partial charge in [0.15, 0.2) is 0 Å². The fourth-order valence-electron chi connectivity index (χ4n) is 2.81. The number of nitrogens with zero attached hydrogens (tertiary/aromatic N) is 1. The summed E-state index contributed by atoms with van der Waals surface area (Å²) in [6, 6.07) is 4.24. The maximum absolute atomic E-state index is 12.3. The summed E-state index contributed by atoms with van der Waals surface area (Å²) in [5.74, 6) is 0. The Morgan fingerprint density at radius 2 is 2.30 bits per heavy atom. The zero-order valence-corrected chi connectivity index (χ0v) is 14.2. The molecular formula is C14H18BrNO3S. The second kappa shape index (κ2) is 4.71. The lowest BCUT2D eigenvalue weighted by molar-refractivity contribution is -0.0540. The largest absolute Gasteiger partial charge is 0.444 e. The molecule has 2 aliphatic heterocycles. The predicted molar refractivity (Wildman–Crippen MR) is 81.0 cm³/mol. The Kier molecular flexibility index (Phi) is 3.38. The first-order valence-electron chi connectivity index (χ1n) is 6.68. The lowest BCUT2D eigenvalue weighted by atomic mass is 10.0. The summed E-state index contributed by atoms with van der Waals surface area (Å²) in [6.07, 6.45) is 0.627. The van der Waals surface area contributed by atoms with E-state index in [1.165, 1.54) is 4.88 Å². The average molecular weight is 360 g/mol. The van der Waals surface area contributed by atoms with Crippen LogP contribution in [-0.2, 0) is 15.1 Å². The normalized spacial score (nSPS) is 29.0. The van der Waals surface area contributed by atoms with Crippen molar-refractivity contribution >= 4 is 33.4 Å². The number of likely N-dealkylation sites (tertiary alicyclic amines) is 1. The second-order valence-electron chi connectivity index (χ2n) is 6.38. The molecule has 2 atom stereocenters. The summed E-state index contributed by atoms with van der Waals surface area (Å²) in [7, 11) is 0. The summed E-state index contributed by atoms with van der Waals surface area (Å²) in [6.45, 7) is 6.85. The molecule has 1 aromatic rings. The van der Waals surface area contributed by atoms with Crippen molar-refractivity contribution in [2.45, 2.75) is 44.4 Å². The van der Waals surface area contributed by atoms with E-state index in [0.717, 1.165) is 10.2 Å². The summed E-state index contributed by atoms with van der Waals surface area (Å²) in [5, 5.41) is 0. The van der Waals surface area contributed by atoms with Crippen LogP contribution in [0.1, 0.15) is 32.1 Å². The van der Waals surface area contributed by atoms with Gasteiger partial charge in [0.2, 0.25) is 0 Å². The molecule has 1 amide bonds. The zero-order chi connectivity index (χ0) is 14.5. The molecule has 0 saturated carbocycles. The van der Waals surface area contributed by atoms with Crippen LogP contribution in [0.15, 0.2) is 15.9 Å². The van der Waals surface area contributed by atoms with Gasteiger partial charge < -0.3 is 9.47 Å². The highest BCUT2D eigenvalue weighted by atomic mass is 79.9. The molecule has 0 unspecified atom stereocenters. The molecule has 2 aliphatic rings. The molecule has 2 fully saturated rings. The Labute approximate surface area is 131 Å². The highest BCUT2D eigenvalue weighted by Crippen LogP contribution is 2.48. The van der Waals surface area contributed by atoms with Gasteiger partial charge in [0.05, 0.1) is 23.0 Å². The third-order valence-corrected chi connectivity index (χ3v) is 5.44. The minimum atomic E-state index is -0.459. The van der Waals surface area contributed by atoms with Crippen LogP contribution >= 0.6 is 27.3 Å². The molecule has 20 heavy (non-hydrogen) atoms. The number of carbonyl (C=O) groups is 1. The molecule has 110 valence electrons. The Hall–Kier alpha value is -0.590. The van der Waals surface area contributed by atoms with Crippen LogP contribution in [-0.4, -0.2) is 35.8 Å². The maximum atomic E-state index is 12.3. The number of hydrogen-bond donors (Lipinski definition) is 0. The van der Waals surface area contributed by atoms with Crippen molar-refractivity contribution in [3.8, 4) is 0 Å². The van der Waals surface area contributed by atoms with E-state index in [9.17, 15) is 4.79 Å². The lowest BCUT2D eigenvalue weighted by Crippen LogP contribution is -2.46. The Morgan fingerprint density at radius 3 is 2.90 bits per heavy atom. The highest BCUT2D eigenvalue weighted by Gasteiger charge is 2.55. The van der Waals surface area contributed by atoms with Crippen LogP contribution in [0.3, 0.4) is 0 Å². The van der Waals surface area contributed by atoms with E-state index < -0.39 is 5.60 Å². The topological polar surface area (TPSA) is 38.8 Å². The lowest BCUT2D eigenvalue weighted by Gasteiger charge is -2.33. The molecular weight excluding hydrogens is 342 g/mol. The van der Waals surface area contributed by atoms with E-state index in [0.29, 0.717) is 13.2 Å². The molecule has 0 radical (unpaired) electrons. The highest BCUT2D eigenvalue weighted by molar-refractivity contribution is 9.11. The van der Waals surface area contributed by atoms with E-state index in [4.69, 9.17) is 9.47 Å². The van der Waals surface area contributed by atoms with E-state index in [1.54, 1.807) is 11.3 Å². The van der Waals surface area contributed by atoms with Crippen LogP contribution in [0.2, 0.25) is 0 Å². The number of thiophene rings is 1. The Morgan fingerprint density at radius 1 is 1.55 bits per heavy atom. The SMILES string of the molecule is CC(C)(C)OC(=O)N1C[C@@]2(c3ccc(Br)s3)C[C@@H]1CO2. The standard InChI is InChI=1S/C14H18BrNO3S/c1-13(2,3)19-12(17)16-8-14(6-9(16)7-18-14)10-4-5-11(15)20-10/h4-5,9H,6-8H2,1-3H3/t9-,14-/m1/s1. The monoisotopic (exact) mass is 359 g/mol. The van der Waals surface area contributed by atoms with Crippen LogP contribution < -0.4 is 0 Å². The first-order chi connectivity index (χ1) is 9.29. The van der Waals surface area contributed by atoms with E-state index in [-0.39, 0.29) is 17.7 Å². The van der Waals surface area contributed by atoms with Gasteiger partial charge in [-0.2, -0.15) is 0 Å². The van der Waals surface area contributed by atoms with Crippen molar-refractivity contribution in [2.75, 3.05) is 13.2 Å². The van der Waals surface area contributed by atoms with Gasteiger partial charge in [-0.1, -0.05) is 0 Å². The molecule has 3 rings (SSSR count). The number of hydrogen-bond acceptors (Lipinski definition) is 4. The first kappa shape index (κ1) is 14.4. The van der Waals surface area contributed by atoms with Gasteiger partial charge in [-0.05, 0) is 48.8 Å². The van der Waals surface area contributed by atoms with E-state index >= 15 is 0 Å². The molecule has 0 spiro atoms. The van der Waals surface area contributed by atoms with Crippen LogP contribution in [0.4, 0.5) is 4.79 Å². The Bertz CT molecular complexity index is 539. The number of ether oxygens (including phenoxy) is 2. The van der Waals surface area contributed by atoms with Crippen molar-refractivity contribution in [1.82, 2.24) is 4.90 Å². The minimum absolute atomic E-state index is 0.130. The molecule has 3 heterocycles. The molecule has 6 heteroatoms. The van der Waals surface area contributed by atoms with Gasteiger partial charge in [-0.25, -0.2) is 4.79 Å². The van der Waals surface area contributed by atoms with E-state index in [2.05, 4.69) is 22.0 Å². The molecule has 1 aromatic heterocycles. The van der Waals surface area contributed by atoms with Gasteiger partial charge >= 0.3 is 6.09 Å². The molecule has 0 aromatic carbocycles. The quantitative estimate of drug-likeness (QED) is 0.766. The number of fused-ring (bicyclic) bond motifs is 2. The van der Waals surface area contributed by atoms with Gasteiger partial charge in [0.1, 0.15) is 11.2 Å². The first-order valence-corrected chi connectivity index (χ1v) is 8.29. The smallest absolute Gasteiger partial charge is 0.410 e. The number of carbonyl (C=O) groups excluding carboxylic acids is 1. The number of rotatable bonds is 1. The third-order valence-electron chi connectivity index (χ3n) is 3.63. The summed E-state index contributed by atoms with van der Waals surface area (Å²) in [5.41, 5.74) is -0.794. The van der Waals surface area contributed by atoms with Gasteiger partial charge in [0.25, 0.3) is 0 Å². The Balaban J connectivity index is 1.78. The number of amides is 1. The maximum Gasteiger partial charge on any atom is 0.410 e. The molecule has 0 N–H and O–H groups in total. The fourth-order valence-corrected chi connectivity index (χ4v) is 4.34. The van der Waals surface area contributed by atoms with Gasteiger partial charge in [-0.3, -0.25) is 4.90 Å². The van der Waals surface area contributed by atoms with Crippen molar-refractivity contribution < 1.29 is 14.3 Å². The number of morpholine rings is 1. The van der Waals surface area contributed by atoms with Crippen molar-refractivity contribution in [1.29, 1.82) is 0 Å². The van der Waals surface area contributed by atoms with Gasteiger partial charge in [-0.15, -0.1) is 11.3 Å². The van der Waals surface area contributed by atoms with Crippen molar-refractivity contribution in [3.63, 3.8) is 0 Å². The molecule has 4 nitrogen and oxygen atoms in total. The summed E-state index contributed by atoms with van der Waals surface area (Å²) >= 11 is 5.16. The number of halogens is 1. The molecule has 2 saturated heterocycles. The fraction of sp³-hybridized carbons (Fsp3) is 0.643. The minimum Gasteiger partial charge on any atom is -0.444 e. The van der Waals surface area contributed by atoms with Crippen LogP contribution in [0, 0.1) is 0 Å².